The number of halogens is 1. The molecule has 0 saturated carbocycles. The van der Waals surface area contributed by atoms with E-state index in [0.717, 1.165) is 17.1 Å². The number of nitrogens with one attached hydrogen (secondary N) is 1. The Morgan fingerprint density at radius 1 is 1.00 bits per heavy atom. The highest BCUT2D eigenvalue weighted by Gasteiger charge is 2.09. The van der Waals surface area contributed by atoms with Crippen LogP contribution in [0.15, 0.2) is 42.5 Å². The minimum atomic E-state index is -0.194. The Morgan fingerprint density at radius 3 is 2.43 bits per heavy atom. The van der Waals surface area contributed by atoms with Crippen LogP contribution in [0.5, 0.6) is 11.5 Å². The van der Waals surface area contributed by atoms with Crippen LogP contribution in [0.25, 0.3) is 0 Å². The van der Waals surface area contributed by atoms with Crippen LogP contribution in [0.3, 0.4) is 0 Å². The lowest BCUT2D eigenvalue weighted by molar-refractivity contribution is 0.308. The van der Waals surface area contributed by atoms with E-state index < -0.39 is 0 Å². The molecule has 0 aliphatic rings. The summed E-state index contributed by atoms with van der Waals surface area (Å²) in [7, 11) is 1.62. The summed E-state index contributed by atoms with van der Waals surface area (Å²) in [6.45, 7) is 3.57. The third-order valence-corrected chi connectivity index (χ3v) is 3.15. The SMILES string of the molecule is CCOc1cccc(CNCc2ccccc2F)c1OC. The summed E-state index contributed by atoms with van der Waals surface area (Å²) in [5, 5.41) is 3.23. The third kappa shape index (κ3) is 3.95. The van der Waals surface area contributed by atoms with Gasteiger partial charge in [-0.05, 0) is 19.1 Å². The molecule has 0 atom stereocenters. The third-order valence-electron chi connectivity index (χ3n) is 3.15. The number of hydrogen-bond acceptors (Lipinski definition) is 3. The van der Waals surface area contributed by atoms with Gasteiger partial charge in [0.25, 0.3) is 0 Å². The zero-order valence-electron chi connectivity index (χ0n) is 12.4. The molecule has 0 unspecified atom stereocenters. The molecule has 0 spiro atoms. The van der Waals surface area contributed by atoms with E-state index in [1.807, 2.05) is 31.2 Å². The monoisotopic (exact) mass is 289 g/mol. The van der Waals surface area contributed by atoms with Gasteiger partial charge in [-0.3, -0.25) is 0 Å². The van der Waals surface area contributed by atoms with Gasteiger partial charge in [0.05, 0.1) is 13.7 Å². The fourth-order valence-corrected chi connectivity index (χ4v) is 2.17. The molecule has 2 aromatic carbocycles. The van der Waals surface area contributed by atoms with Crippen molar-refractivity contribution in [2.75, 3.05) is 13.7 Å². The quantitative estimate of drug-likeness (QED) is 0.846. The van der Waals surface area contributed by atoms with Gasteiger partial charge in [0, 0.05) is 24.2 Å². The predicted octanol–water partition coefficient (Wildman–Crippen LogP) is 3.52. The highest BCUT2D eigenvalue weighted by molar-refractivity contribution is 5.46. The van der Waals surface area contributed by atoms with Crippen molar-refractivity contribution in [3.63, 3.8) is 0 Å². The maximum Gasteiger partial charge on any atom is 0.165 e. The zero-order valence-corrected chi connectivity index (χ0v) is 12.4. The fourth-order valence-electron chi connectivity index (χ4n) is 2.17. The lowest BCUT2D eigenvalue weighted by Gasteiger charge is -2.14. The Bertz CT molecular complexity index is 587. The molecule has 0 saturated heterocycles. The molecule has 0 fully saturated rings. The van der Waals surface area contributed by atoms with Gasteiger partial charge in [0.1, 0.15) is 5.82 Å². The molecule has 0 radical (unpaired) electrons. The first-order chi connectivity index (χ1) is 10.3. The average Bonchev–Trinajstić information content (AvgIpc) is 2.50. The molecule has 0 aliphatic heterocycles. The van der Waals surface area contributed by atoms with Crippen LogP contribution in [-0.2, 0) is 13.1 Å². The second-order valence-corrected chi connectivity index (χ2v) is 4.58. The minimum Gasteiger partial charge on any atom is -0.493 e. The summed E-state index contributed by atoms with van der Waals surface area (Å²) in [6, 6.07) is 12.5. The van der Waals surface area contributed by atoms with Gasteiger partial charge in [-0.2, -0.15) is 0 Å². The number of hydrogen-bond donors (Lipinski definition) is 1. The van der Waals surface area contributed by atoms with Crippen LogP contribution in [0.2, 0.25) is 0 Å². The summed E-state index contributed by atoms with van der Waals surface area (Å²) in [6.07, 6.45) is 0. The van der Waals surface area contributed by atoms with Crippen molar-refractivity contribution in [2.45, 2.75) is 20.0 Å². The molecule has 21 heavy (non-hydrogen) atoms. The molecule has 0 heterocycles. The van der Waals surface area contributed by atoms with Crippen molar-refractivity contribution in [3.05, 3.63) is 59.4 Å². The highest BCUT2D eigenvalue weighted by Crippen LogP contribution is 2.30. The molecule has 2 aromatic rings. The van der Waals surface area contributed by atoms with Crippen molar-refractivity contribution >= 4 is 0 Å². The number of ether oxygens (including phenoxy) is 2. The van der Waals surface area contributed by atoms with Crippen LogP contribution in [0.4, 0.5) is 4.39 Å². The van der Waals surface area contributed by atoms with Crippen LogP contribution in [-0.4, -0.2) is 13.7 Å². The zero-order chi connectivity index (χ0) is 15.1. The van der Waals surface area contributed by atoms with E-state index in [-0.39, 0.29) is 5.82 Å². The Kier molecular flexibility index (Phi) is 5.58. The number of benzene rings is 2. The van der Waals surface area contributed by atoms with Gasteiger partial charge in [-0.15, -0.1) is 0 Å². The first kappa shape index (κ1) is 15.3. The predicted molar refractivity (Wildman–Crippen MR) is 81.1 cm³/mol. The van der Waals surface area contributed by atoms with Crippen LogP contribution >= 0.6 is 0 Å². The Hall–Kier alpha value is -2.07. The fraction of sp³-hybridized carbons (Fsp3) is 0.294. The molecule has 3 nitrogen and oxygen atoms in total. The molecular formula is C17H20FNO2. The largest absolute Gasteiger partial charge is 0.493 e. The number of rotatable bonds is 7. The summed E-state index contributed by atoms with van der Waals surface area (Å²) < 4.78 is 24.5. The molecule has 2 rings (SSSR count). The molecule has 112 valence electrons. The standard InChI is InChI=1S/C17H20FNO2/c1-3-21-16-10-6-8-14(17(16)20-2)12-19-11-13-7-4-5-9-15(13)18/h4-10,19H,3,11-12H2,1-2H3. The van der Waals surface area contributed by atoms with E-state index in [4.69, 9.17) is 9.47 Å². The van der Waals surface area contributed by atoms with Gasteiger partial charge < -0.3 is 14.8 Å². The van der Waals surface area contributed by atoms with Gasteiger partial charge in [0.15, 0.2) is 11.5 Å². The second-order valence-electron chi connectivity index (χ2n) is 4.58. The van der Waals surface area contributed by atoms with E-state index in [1.54, 1.807) is 19.2 Å². The normalized spacial score (nSPS) is 10.4. The molecule has 0 amide bonds. The highest BCUT2D eigenvalue weighted by atomic mass is 19.1. The number of methoxy groups -OCH3 is 1. The number of para-hydroxylation sites is 1. The topological polar surface area (TPSA) is 30.5 Å². The molecule has 1 N–H and O–H groups in total. The van der Waals surface area contributed by atoms with Gasteiger partial charge in [-0.1, -0.05) is 30.3 Å². The van der Waals surface area contributed by atoms with Gasteiger partial charge in [-0.25, -0.2) is 4.39 Å². The van der Waals surface area contributed by atoms with E-state index in [2.05, 4.69) is 5.32 Å². The van der Waals surface area contributed by atoms with Crippen LogP contribution < -0.4 is 14.8 Å². The lowest BCUT2D eigenvalue weighted by atomic mass is 10.1. The Balaban J connectivity index is 2.03. The summed E-state index contributed by atoms with van der Waals surface area (Å²) in [4.78, 5) is 0. The maximum atomic E-state index is 13.5. The maximum absolute atomic E-state index is 13.5. The van der Waals surface area contributed by atoms with Crippen molar-refractivity contribution < 1.29 is 13.9 Å². The first-order valence-corrected chi connectivity index (χ1v) is 6.99. The summed E-state index contributed by atoms with van der Waals surface area (Å²) >= 11 is 0. The van der Waals surface area contributed by atoms with E-state index in [1.165, 1.54) is 6.07 Å². The van der Waals surface area contributed by atoms with E-state index in [9.17, 15) is 4.39 Å². The summed E-state index contributed by atoms with van der Waals surface area (Å²) in [5.74, 6) is 1.26. The van der Waals surface area contributed by atoms with Crippen molar-refractivity contribution in [1.29, 1.82) is 0 Å². The van der Waals surface area contributed by atoms with Gasteiger partial charge >= 0.3 is 0 Å². The second kappa shape index (κ2) is 7.64. The smallest absolute Gasteiger partial charge is 0.165 e. The first-order valence-electron chi connectivity index (χ1n) is 6.99. The average molecular weight is 289 g/mol. The molecule has 0 aromatic heterocycles. The molecular weight excluding hydrogens is 269 g/mol. The van der Waals surface area contributed by atoms with Crippen molar-refractivity contribution in [1.82, 2.24) is 5.32 Å². The Morgan fingerprint density at radius 2 is 1.71 bits per heavy atom. The van der Waals surface area contributed by atoms with Crippen LogP contribution in [0, 0.1) is 5.82 Å². The van der Waals surface area contributed by atoms with Gasteiger partial charge in [0.2, 0.25) is 0 Å². The lowest BCUT2D eigenvalue weighted by Crippen LogP contribution is -2.14. The van der Waals surface area contributed by atoms with Crippen LogP contribution in [0.1, 0.15) is 18.1 Å². The van der Waals surface area contributed by atoms with E-state index >= 15 is 0 Å². The van der Waals surface area contributed by atoms with E-state index in [0.29, 0.717) is 25.3 Å². The Labute approximate surface area is 124 Å². The molecule has 0 aliphatic carbocycles. The van der Waals surface area contributed by atoms with Crippen molar-refractivity contribution in [3.8, 4) is 11.5 Å². The van der Waals surface area contributed by atoms with Crippen molar-refractivity contribution in [2.24, 2.45) is 0 Å². The molecule has 0 bridgehead atoms. The minimum absolute atomic E-state index is 0.194. The molecule has 4 heteroatoms. The summed E-state index contributed by atoms with van der Waals surface area (Å²) in [5.41, 5.74) is 1.64.